The van der Waals surface area contributed by atoms with Crippen LogP contribution in [0.4, 0.5) is 4.39 Å². The van der Waals surface area contributed by atoms with E-state index in [0.29, 0.717) is 5.02 Å². The van der Waals surface area contributed by atoms with Crippen LogP contribution < -0.4 is 0 Å². The molecule has 0 heterocycles. The Hall–Kier alpha value is 0.0200. The maximum atomic E-state index is 12.3. The molecular formula is C7H8Cl3F. The van der Waals surface area contributed by atoms with Gasteiger partial charge in [-0.05, 0) is 24.6 Å². The number of hydrogen-bond acceptors (Lipinski definition) is 0. The fourth-order valence-corrected chi connectivity index (χ4v) is 0.734. The predicted octanol–water partition coefficient (Wildman–Crippen LogP) is 3.63. The highest BCUT2D eigenvalue weighted by atomic mass is 35.5. The summed E-state index contributed by atoms with van der Waals surface area (Å²) in [4.78, 5) is 0. The Labute approximate surface area is 82.6 Å². The molecule has 0 nitrogen and oxygen atoms in total. The third-order valence-electron chi connectivity index (χ3n) is 1.13. The zero-order valence-corrected chi connectivity index (χ0v) is 8.19. The third kappa shape index (κ3) is 3.80. The molecule has 0 aliphatic heterocycles. The number of halogens is 4. The lowest BCUT2D eigenvalue weighted by Crippen LogP contribution is -1.76. The van der Waals surface area contributed by atoms with Gasteiger partial charge in [-0.1, -0.05) is 17.7 Å². The van der Waals surface area contributed by atoms with Gasteiger partial charge in [0, 0.05) is 5.02 Å². The number of rotatable bonds is 0. The molecule has 11 heavy (non-hydrogen) atoms. The molecule has 4 heteroatoms. The Bertz CT molecular complexity index is 225. The lowest BCUT2D eigenvalue weighted by molar-refractivity contribution is 0.627. The molecule has 0 aliphatic rings. The number of aryl methyl sites for hydroxylation is 1. The Balaban J connectivity index is 0. The van der Waals surface area contributed by atoms with E-state index in [0.717, 1.165) is 5.56 Å². The maximum Gasteiger partial charge on any atom is 0.124 e. The Morgan fingerprint density at radius 2 is 1.82 bits per heavy atom. The first-order chi connectivity index (χ1) is 4.20. The van der Waals surface area contributed by atoms with Crippen molar-refractivity contribution in [1.29, 1.82) is 0 Å². The second-order valence-corrected chi connectivity index (χ2v) is 2.30. The maximum absolute atomic E-state index is 12.3. The summed E-state index contributed by atoms with van der Waals surface area (Å²) >= 11 is 5.57. The van der Waals surface area contributed by atoms with Crippen molar-refractivity contribution in [3.63, 3.8) is 0 Å². The van der Waals surface area contributed by atoms with E-state index in [4.69, 9.17) is 11.6 Å². The van der Waals surface area contributed by atoms with Gasteiger partial charge in [-0.25, -0.2) is 4.39 Å². The van der Waals surface area contributed by atoms with Crippen LogP contribution in [0.5, 0.6) is 0 Å². The summed E-state index contributed by atoms with van der Waals surface area (Å²) in [6, 6.07) is 4.34. The van der Waals surface area contributed by atoms with Crippen LogP contribution in [-0.2, 0) is 0 Å². The summed E-state index contributed by atoms with van der Waals surface area (Å²) in [6.07, 6.45) is 0. The van der Waals surface area contributed by atoms with Crippen LogP contribution in [0, 0.1) is 12.7 Å². The van der Waals surface area contributed by atoms with Crippen molar-refractivity contribution < 1.29 is 4.39 Å². The number of hydrogen-bond donors (Lipinski definition) is 0. The monoisotopic (exact) mass is 216 g/mol. The summed E-state index contributed by atoms with van der Waals surface area (Å²) in [5.41, 5.74) is 0.901. The minimum Gasteiger partial charge on any atom is -0.207 e. The normalized spacial score (nSPS) is 7.91. The largest absolute Gasteiger partial charge is 0.207 e. The fraction of sp³-hybridized carbons (Fsp3) is 0.143. The molecule has 0 spiro atoms. The van der Waals surface area contributed by atoms with Crippen LogP contribution in [0.3, 0.4) is 0 Å². The van der Waals surface area contributed by atoms with Gasteiger partial charge >= 0.3 is 0 Å². The highest BCUT2D eigenvalue weighted by Gasteiger charge is 1.94. The van der Waals surface area contributed by atoms with E-state index in [1.54, 1.807) is 6.07 Å². The molecule has 1 rings (SSSR count). The first-order valence-corrected chi connectivity index (χ1v) is 2.99. The number of benzene rings is 1. The van der Waals surface area contributed by atoms with Gasteiger partial charge in [-0.15, -0.1) is 24.8 Å². The molecular weight excluding hydrogens is 209 g/mol. The van der Waals surface area contributed by atoms with Crippen LogP contribution in [-0.4, -0.2) is 0 Å². The van der Waals surface area contributed by atoms with Gasteiger partial charge < -0.3 is 0 Å². The predicted molar refractivity (Wildman–Crippen MR) is 50.6 cm³/mol. The van der Waals surface area contributed by atoms with Crippen LogP contribution in [0.2, 0.25) is 5.02 Å². The lowest BCUT2D eigenvalue weighted by atomic mass is 10.2. The summed E-state index contributed by atoms with van der Waals surface area (Å²) in [5.74, 6) is -0.286. The smallest absolute Gasteiger partial charge is 0.124 e. The SMILES string of the molecule is Cc1ccc(F)cc1Cl.Cl.Cl. The van der Waals surface area contributed by atoms with Crippen molar-refractivity contribution >= 4 is 36.4 Å². The molecule has 0 bridgehead atoms. The van der Waals surface area contributed by atoms with Crippen molar-refractivity contribution in [3.8, 4) is 0 Å². The van der Waals surface area contributed by atoms with Crippen molar-refractivity contribution in [2.75, 3.05) is 0 Å². The highest BCUT2D eigenvalue weighted by Crippen LogP contribution is 2.14. The molecule has 0 N–H and O–H groups in total. The Morgan fingerprint density at radius 1 is 1.27 bits per heavy atom. The lowest BCUT2D eigenvalue weighted by Gasteiger charge is -1.93. The minimum atomic E-state index is -0.286. The molecule has 64 valence electrons. The Kier molecular flexibility index (Phi) is 6.98. The molecule has 0 fully saturated rings. The van der Waals surface area contributed by atoms with E-state index in [2.05, 4.69) is 0 Å². The molecule has 0 saturated heterocycles. The van der Waals surface area contributed by atoms with E-state index in [-0.39, 0.29) is 30.6 Å². The minimum absolute atomic E-state index is 0. The van der Waals surface area contributed by atoms with Crippen LogP contribution >= 0.6 is 36.4 Å². The molecule has 0 aromatic heterocycles. The second kappa shape index (κ2) is 5.64. The average molecular weight is 217 g/mol. The zero-order valence-electron chi connectivity index (χ0n) is 5.80. The second-order valence-electron chi connectivity index (χ2n) is 1.89. The third-order valence-corrected chi connectivity index (χ3v) is 1.54. The topological polar surface area (TPSA) is 0 Å². The molecule has 0 unspecified atom stereocenters. The van der Waals surface area contributed by atoms with Gasteiger partial charge in [0.15, 0.2) is 0 Å². The van der Waals surface area contributed by atoms with Gasteiger partial charge in [-0.3, -0.25) is 0 Å². The molecule has 0 radical (unpaired) electrons. The standard InChI is InChI=1S/C7H6ClF.2ClH/c1-5-2-3-6(9)4-7(5)8;;/h2-4H,1H3;2*1H. The molecule has 0 saturated carbocycles. The van der Waals surface area contributed by atoms with Crippen LogP contribution in [0.1, 0.15) is 5.56 Å². The zero-order chi connectivity index (χ0) is 6.85. The first-order valence-electron chi connectivity index (χ1n) is 2.62. The summed E-state index contributed by atoms with van der Waals surface area (Å²) in [6.45, 7) is 1.84. The van der Waals surface area contributed by atoms with E-state index in [1.165, 1.54) is 12.1 Å². The van der Waals surface area contributed by atoms with Gasteiger partial charge in [0.25, 0.3) is 0 Å². The first kappa shape index (κ1) is 13.6. The molecule has 0 aliphatic carbocycles. The molecule has 0 atom stereocenters. The highest BCUT2D eigenvalue weighted by molar-refractivity contribution is 6.31. The van der Waals surface area contributed by atoms with Gasteiger partial charge in [0.1, 0.15) is 5.82 Å². The van der Waals surface area contributed by atoms with Gasteiger partial charge in [0.05, 0.1) is 0 Å². The fourth-order valence-electron chi connectivity index (χ4n) is 0.567. The summed E-state index contributed by atoms with van der Waals surface area (Å²) in [5, 5.41) is 0.481. The van der Waals surface area contributed by atoms with E-state index >= 15 is 0 Å². The molecule has 1 aromatic carbocycles. The van der Waals surface area contributed by atoms with E-state index in [1.807, 2.05) is 6.92 Å². The van der Waals surface area contributed by atoms with E-state index in [9.17, 15) is 4.39 Å². The van der Waals surface area contributed by atoms with Crippen molar-refractivity contribution in [1.82, 2.24) is 0 Å². The van der Waals surface area contributed by atoms with Crippen molar-refractivity contribution in [2.24, 2.45) is 0 Å². The quantitative estimate of drug-likeness (QED) is 0.622. The average Bonchev–Trinajstić information content (AvgIpc) is 1.80. The van der Waals surface area contributed by atoms with Crippen molar-refractivity contribution in [3.05, 3.63) is 34.6 Å². The molecule has 1 aromatic rings. The Morgan fingerprint density at radius 3 is 2.18 bits per heavy atom. The van der Waals surface area contributed by atoms with E-state index < -0.39 is 0 Å². The van der Waals surface area contributed by atoms with Gasteiger partial charge in [0.2, 0.25) is 0 Å². The summed E-state index contributed by atoms with van der Waals surface area (Å²) in [7, 11) is 0. The van der Waals surface area contributed by atoms with Crippen molar-refractivity contribution in [2.45, 2.75) is 6.92 Å². The van der Waals surface area contributed by atoms with Gasteiger partial charge in [-0.2, -0.15) is 0 Å². The van der Waals surface area contributed by atoms with Crippen LogP contribution in [0.25, 0.3) is 0 Å². The molecule has 0 amide bonds. The van der Waals surface area contributed by atoms with Crippen LogP contribution in [0.15, 0.2) is 18.2 Å². The summed E-state index contributed by atoms with van der Waals surface area (Å²) < 4.78 is 12.3.